The molecule has 0 radical (unpaired) electrons. The Labute approximate surface area is 187 Å². The molecule has 0 spiro atoms. The minimum absolute atomic E-state index is 0.206. The second kappa shape index (κ2) is 10.6. The van der Waals surface area contributed by atoms with Crippen LogP contribution in [0.15, 0.2) is 85.3 Å². The zero-order chi connectivity index (χ0) is 22.2. The third-order valence-electron chi connectivity index (χ3n) is 5.40. The fourth-order valence-corrected chi connectivity index (χ4v) is 3.53. The van der Waals surface area contributed by atoms with Crippen molar-refractivity contribution >= 4 is 16.7 Å². The van der Waals surface area contributed by atoms with E-state index in [9.17, 15) is 4.79 Å². The van der Waals surface area contributed by atoms with Gasteiger partial charge in [0.05, 0.1) is 37.9 Å². The molecule has 1 heterocycles. The summed E-state index contributed by atoms with van der Waals surface area (Å²) in [5.74, 6) is 0.591. The van der Waals surface area contributed by atoms with E-state index in [0.717, 1.165) is 16.7 Å². The zero-order valence-electron chi connectivity index (χ0n) is 18.0. The van der Waals surface area contributed by atoms with E-state index in [-0.39, 0.29) is 18.1 Å². The first-order valence-corrected chi connectivity index (χ1v) is 10.8. The Morgan fingerprint density at radius 2 is 1.81 bits per heavy atom. The van der Waals surface area contributed by atoms with Crippen LogP contribution in [0.3, 0.4) is 0 Å². The van der Waals surface area contributed by atoms with Gasteiger partial charge in [0.2, 0.25) is 0 Å². The van der Waals surface area contributed by atoms with Gasteiger partial charge >= 0.3 is 0 Å². The molecule has 6 nitrogen and oxygen atoms in total. The lowest BCUT2D eigenvalue weighted by Crippen LogP contribution is -2.44. The molecule has 6 heteroatoms. The summed E-state index contributed by atoms with van der Waals surface area (Å²) in [4.78, 5) is 19.4. The lowest BCUT2D eigenvalue weighted by molar-refractivity contribution is 0.0212. The van der Waals surface area contributed by atoms with Gasteiger partial charge in [-0.3, -0.25) is 4.79 Å². The number of aromatic nitrogens is 2. The van der Waals surface area contributed by atoms with Crippen molar-refractivity contribution in [1.29, 1.82) is 0 Å². The molecule has 0 aliphatic carbocycles. The van der Waals surface area contributed by atoms with E-state index in [0.29, 0.717) is 25.3 Å². The van der Waals surface area contributed by atoms with Crippen LogP contribution < -0.4 is 10.1 Å². The smallest absolute Gasteiger partial charge is 0.269 e. The van der Waals surface area contributed by atoms with E-state index in [4.69, 9.17) is 9.47 Å². The van der Waals surface area contributed by atoms with E-state index >= 15 is 0 Å². The molecule has 0 saturated carbocycles. The minimum atomic E-state index is -0.227. The first-order chi connectivity index (χ1) is 15.7. The molecule has 0 unspecified atom stereocenters. The maximum absolute atomic E-state index is 12.6. The van der Waals surface area contributed by atoms with Gasteiger partial charge in [-0.1, -0.05) is 60.7 Å². The molecule has 4 aromatic rings. The van der Waals surface area contributed by atoms with Gasteiger partial charge < -0.3 is 19.8 Å². The Morgan fingerprint density at radius 3 is 2.59 bits per heavy atom. The second-order valence-electron chi connectivity index (χ2n) is 7.69. The molecule has 4 rings (SSSR count). The largest absolute Gasteiger partial charge is 0.493 e. The number of fused-ring (bicyclic) bond motifs is 1. The summed E-state index contributed by atoms with van der Waals surface area (Å²) in [6, 6.07) is 24.0. The van der Waals surface area contributed by atoms with Crippen molar-refractivity contribution in [2.24, 2.45) is 0 Å². The summed E-state index contributed by atoms with van der Waals surface area (Å²) < 4.78 is 12.1. The molecule has 0 aliphatic heterocycles. The Hall–Kier alpha value is -3.64. The molecule has 0 saturated heterocycles. The number of carbonyl (C=O) groups is 1. The average Bonchev–Trinajstić information content (AvgIpc) is 3.38. The minimum Gasteiger partial charge on any atom is -0.493 e. The molecule has 2 atom stereocenters. The molecule has 0 aliphatic rings. The van der Waals surface area contributed by atoms with Gasteiger partial charge in [-0.2, -0.15) is 0 Å². The number of ether oxygens (including phenoxy) is 2. The fraction of sp³-hybridized carbons (Fsp3) is 0.231. The molecular formula is C26H27N3O3. The highest BCUT2D eigenvalue weighted by Gasteiger charge is 2.22. The van der Waals surface area contributed by atoms with Crippen LogP contribution in [0.25, 0.3) is 10.8 Å². The van der Waals surface area contributed by atoms with Crippen LogP contribution >= 0.6 is 0 Å². The number of hydrogen-bond acceptors (Lipinski definition) is 4. The fourth-order valence-electron chi connectivity index (χ4n) is 3.53. The van der Waals surface area contributed by atoms with Crippen LogP contribution in [0.1, 0.15) is 29.4 Å². The normalized spacial score (nSPS) is 12.9. The lowest BCUT2D eigenvalue weighted by atomic mass is 10.1. The average molecular weight is 430 g/mol. The van der Waals surface area contributed by atoms with Crippen LogP contribution in [0, 0.1) is 0 Å². The Bertz CT molecular complexity index is 1130. The summed E-state index contributed by atoms with van der Waals surface area (Å²) in [5, 5.41) is 5.36. The number of carbonyl (C=O) groups excluding carboxylic acids is 1. The van der Waals surface area contributed by atoms with E-state index in [1.54, 1.807) is 0 Å². The summed E-state index contributed by atoms with van der Waals surface area (Å²) in [6.45, 7) is 2.89. The molecule has 3 aromatic carbocycles. The van der Waals surface area contributed by atoms with E-state index in [2.05, 4.69) is 27.4 Å². The van der Waals surface area contributed by atoms with E-state index < -0.39 is 0 Å². The molecule has 164 valence electrons. The van der Waals surface area contributed by atoms with Crippen LogP contribution in [0.5, 0.6) is 5.75 Å². The van der Waals surface area contributed by atoms with Gasteiger partial charge in [0.1, 0.15) is 11.4 Å². The van der Waals surface area contributed by atoms with Gasteiger partial charge in [0, 0.05) is 6.42 Å². The predicted octanol–water partition coefficient (Wildman–Crippen LogP) is 4.74. The number of nitrogens with zero attached hydrogens (tertiary/aromatic N) is 1. The van der Waals surface area contributed by atoms with Gasteiger partial charge in [-0.25, -0.2) is 4.98 Å². The molecule has 1 amide bonds. The van der Waals surface area contributed by atoms with Crippen molar-refractivity contribution in [2.45, 2.75) is 32.1 Å². The molecule has 0 bridgehead atoms. The Kier molecular flexibility index (Phi) is 7.15. The van der Waals surface area contributed by atoms with Gasteiger partial charge in [0.25, 0.3) is 5.91 Å². The monoisotopic (exact) mass is 429 g/mol. The van der Waals surface area contributed by atoms with Crippen molar-refractivity contribution in [3.63, 3.8) is 0 Å². The second-order valence-corrected chi connectivity index (χ2v) is 7.69. The molecule has 32 heavy (non-hydrogen) atoms. The summed E-state index contributed by atoms with van der Waals surface area (Å²) in [7, 11) is 0. The standard InChI is InChI=1S/C26H27N3O3/c1-19(32-17-20-7-3-2-4-8-20)24(29-26(30)25-16-27-18-28-25)13-14-31-23-12-11-21-9-5-6-10-22(21)15-23/h2-12,15-16,18-19,24H,13-14,17H2,1H3,(H,27,28)(H,29,30)/t19-,24+/m0/s1. The van der Waals surface area contributed by atoms with Crippen LogP contribution in [0.4, 0.5) is 0 Å². The summed E-state index contributed by atoms with van der Waals surface area (Å²) >= 11 is 0. The van der Waals surface area contributed by atoms with Crippen molar-refractivity contribution in [2.75, 3.05) is 6.61 Å². The zero-order valence-corrected chi connectivity index (χ0v) is 18.0. The molecular weight excluding hydrogens is 402 g/mol. The highest BCUT2D eigenvalue weighted by molar-refractivity contribution is 5.92. The van der Waals surface area contributed by atoms with Gasteiger partial charge in [-0.15, -0.1) is 0 Å². The lowest BCUT2D eigenvalue weighted by Gasteiger charge is -2.25. The highest BCUT2D eigenvalue weighted by Crippen LogP contribution is 2.21. The molecule has 1 aromatic heterocycles. The highest BCUT2D eigenvalue weighted by atomic mass is 16.5. The maximum Gasteiger partial charge on any atom is 0.269 e. The number of rotatable bonds is 10. The number of amides is 1. The third kappa shape index (κ3) is 5.74. The maximum atomic E-state index is 12.6. The van der Waals surface area contributed by atoms with Gasteiger partial charge in [0.15, 0.2) is 0 Å². The number of hydrogen-bond donors (Lipinski definition) is 2. The van der Waals surface area contributed by atoms with E-state index in [1.165, 1.54) is 17.9 Å². The van der Waals surface area contributed by atoms with Crippen LogP contribution in [0.2, 0.25) is 0 Å². The first-order valence-electron chi connectivity index (χ1n) is 10.8. The number of H-pyrrole nitrogens is 1. The summed E-state index contributed by atoms with van der Waals surface area (Å²) in [6.07, 6.45) is 3.39. The van der Waals surface area contributed by atoms with E-state index in [1.807, 2.05) is 67.6 Å². The van der Waals surface area contributed by atoms with Crippen molar-refractivity contribution < 1.29 is 14.3 Å². The van der Waals surface area contributed by atoms with Crippen molar-refractivity contribution in [3.8, 4) is 5.75 Å². The number of imidazole rings is 1. The van der Waals surface area contributed by atoms with Crippen molar-refractivity contribution in [1.82, 2.24) is 15.3 Å². The molecule has 2 N–H and O–H groups in total. The number of aromatic amines is 1. The number of nitrogens with one attached hydrogen (secondary N) is 2. The van der Waals surface area contributed by atoms with Crippen LogP contribution in [-0.2, 0) is 11.3 Å². The quantitative estimate of drug-likeness (QED) is 0.382. The van der Waals surface area contributed by atoms with Gasteiger partial charge in [-0.05, 0) is 35.4 Å². The Morgan fingerprint density at radius 1 is 1.03 bits per heavy atom. The van der Waals surface area contributed by atoms with Crippen LogP contribution in [-0.4, -0.2) is 34.6 Å². The number of benzene rings is 3. The molecule has 0 fully saturated rings. The first kappa shape index (κ1) is 21.6. The SMILES string of the molecule is C[C@H](OCc1ccccc1)[C@@H](CCOc1ccc2ccccc2c1)NC(=O)c1cnc[nH]1. The Balaban J connectivity index is 1.38. The predicted molar refractivity (Wildman–Crippen MR) is 125 cm³/mol. The van der Waals surface area contributed by atoms with Crippen molar-refractivity contribution in [3.05, 3.63) is 96.6 Å². The topological polar surface area (TPSA) is 76.2 Å². The third-order valence-corrected chi connectivity index (χ3v) is 5.40. The summed E-state index contributed by atoms with van der Waals surface area (Å²) in [5.41, 5.74) is 1.51.